The zero-order valence-electron chi connectivity index (χ0n) is 16.3. The van der Waals surface area contributed by atoms with Gasteiger partial charge in [-0.25, -0.2) is 14.5 Å². The molecule has 152 valence electrons. The van der Waals surface area contributed by atoms with Crippen LogP contribution in [0.1, 0.15) is 33.7 Å². The van der Waals surface area contributed by atoms with Crippen LogP contribution in [0.5, 0.6) is 0 Å². The topological polar surface area (TPSA) is 105 Å². The minimum atomic E-state index is -0.425. The van der Waals surface area contributed by atoms with Crippen molar-refractivity contribution < 1.29 is 9.21 Å². The lowest BCUT2D eigenvalue weighted by molar-refractivity contribution is 0.0655. The van der Waals surface area contributed by atoms with Gasteiger partial charge in [-0.3, -0.25) is 9.78 Å². The van der Waals surface area contributed by atoms with Crippen molar-refractivity contribution in [3.63, 3.8) is 0 Å². The van der Waals surface area contributed by atoms with Crippen LogP contribution in [0.2, 0.25) is 0 Å². The highest BCUT2D eigenvalue weighted by Crippen LogP contribution is 2.34. The van der Waals surface area contributed by atoms with Crippen LogP contribution in [-0.4, -0.2) is 46.9 Å². The summed E-state index contributed by atoms with van der Waals surface area (Å²) in [6, 6.07) is 12.9. The number of H-pyrrole nitrogens is 1. The van der Waals surface area contributed by atoms with E-state index in [1.807, 2.05) is 42.6 Å². The minimum absolute atomic E-state index is 0.161. The van der Waals surface area contributed by atoms with E-state index in [-0.39, 0.29) is 11.7 Å². The first kappa shape index (κ1) is 17.6. The summed E-state index contributed by atoms with van der Waals surface area (Å²) in [5, 5.41) is 4.71. The number of pyridine rings is 2. The van der Waals surface area contributed by atoms with Crippen LogP contribution in [0.25, 0.3) is 17.1 Å². The van der Waals surface area contributed by atoms with Crippen molar-refractivity contribution >= 4 is 11.4 Å². The molecule has 1 unspecified atom stereocenters. The van der Waals surface area contributed by atoms with Gasteiger partial charge in [0.2, 0.25) is 11.7 Å². The summed E-state index contributed by atoms with van der Waals surface area (Å²) < 4.78 is 7.58. The van der Waals surface area contributed by atoms with Crippen LogP contribution in [0.15, 0.2) is 71.8 Å². The molecule has 9 nitrogen and oxygen atoms in total. The SMILES string of the molecule is O=C(c1cnc(-c2ccccn2)o1)N1CCc2[nH]cnc2C1c1cc2ccccn2n1. The third kappa shape index (κ3) is 2.90. The number of rotatable bonds is 3. The average molecular weight is 411 g/mol. The fraction of sp³-hybridized carbons (Fsp3) is 0.136. The highest BCUT2D eigenvalue weighted by molar-refractivity contribution is 5.92. The van der Waals surface area contributed by atoms with Gasteiger partial charge in [0.05, 0.1) is 29.4 Å². The number of aromatic nitrogens is 6. The number of nitrogens with one attached hydrogen (secondary N) is 1. The molecule has 0 bridgehead atoms. The molecule has 0 saturated carbocycles. The maximum atomic E-state index is 13.5. The maximum Gasteiger partial charge on any atom is 0.292 e. The molecule has 1 amide bonds. The number of hydrogen-bond acceptors (Lipinski definition) is 6. The number of carbonyl (C=O) groups excluding carboxylic acids is 1. The van der Waals surface area contributed by atoms with Crippen molar-refractivity contribution in [1.82, 2.24) is 34.4 Å². The van der Waals surface area contributed by atoms with Crippen molar-refractivity contribution in [3.05, 3.63) is 90.2 Å². The fourth-order valence-electron chi connectivity index (χ4n) is 4.01. The highest BCUT2D eigenvalue weighted by atomic mass is 16.4. The maximum absolute atomic E-state index is 13.5. The Morgan fingerprint density at radius 1 is 1.13 bits per heavy atom. The molecule has 1 aliphatic heterocycles. The van der Waals surface area contributed by atoms with Gasteiger partial charge in [-0.05, 0) is 30.3 Å². The molecule has 0 aromatic carbocycles. The third-order valence-corrected chi connectivity index (χ3v) is 5.46. The normalized spacial score (nSPS) is 15.9. The summed E-state index contributed by atoms with van der Waals surface area (Å²) in [7, 11) is 0. The summed E-state index contributed by atoms with van der Waals surface area (Å²) in [6.45, 7) is 0.506. The molecule has 5 aromatic rings. The Morgan fingerprint density at radius 3 is 2.94 bits per heavy atom. The molecule has 0 aliphatic carbocycles. The Bertz CT molecular complexity index is 1350. The van der Waals surface area contributed by atoms with E-state index in [4.69, 9.17) is 9.52 Å². The van der Waals surface area contributed by atoms with Crippen LogP contribution in [-0.2, 0) is 6.42 Å². The number of aromatic amines is 1. The van der Waals surface area contributed by atoms with Gasteiger partial charge in [0.15, 0.2) is 0 Å². The van der Waals surface area contributed by atoms with Crippen LogP contribution >= 0.6 is 0 Å². The van der Waals surface area contributed by atoms with Gasteiger partial charge < -0.3 is 14.3 Å². The quantitative estimate of drug-likeness (QED) is 0.489. The second-order valence-electron chi connectivity index (χ2n) is 7.30. The number of carbonyl (C=O) groups is 1. The molecule has 1 atom stereocenters. The number of oxazole rings is 1. The van der Waals surface area contributed by atoms with E-state index in [9.17, 15) is 4.79 Å². The van der Waals surface area contributed by atoms with E-state index >= 15 is 0 Å². The Morgan fingerprint density at radius 2 is 2.06 bits per heavy atom. The smallest absolute Gasteiger partial charge is 0.292 e. The predicted octanol–water partition coefficient (Wildman–Crippen LogP) is 2.90. The van der Waals surface area contributed by atoms with Crippen molar-refractivity contribution in [1.29, 1.82) is 0 Å². The van der Waals surface area contributed by atoms with Gasteiger partial charge in [-0.1, -0.05) is 12.1 Å². The number of nitrogens with zero attached hydrogens (tertiary/aromatic N) is 6. The van der Waals surface area contributed by atoms with E-state index in [1.165, 1.54) is 6.20 Å². The Kier molecular flexibility index (Phi) is 3.92. The number of hydrogen-bond donors (Lipinski definition) is 1. The first-order valence-electron chi connectivity index (χ1n) is 9.92. The average Bonchev–Trinajstić information content (AvgIpc) is 3.57. The number of fused-ring (bicyclic) bond motifs is 2. The number of amides is 1. The Labute approximate surface area is 176 Å². The second-order valence-corrected chi connectivity index (χ2v) is 7.30. The van der Waals surface area contributed by atoms with Gasteiger partial charge in [0.25, 0.3) is 5.91 Å². The lowest BCUT2D eigenvalue weighted by atomic mass is 9.99. The van der Waals surface area contributed by atoms with Gasteiger partial charge in [0, 0.05) is 31.1 Å². The molecule has 1 N–H and O–H groups in total. The Hall–Kier alpha value is -4.27. The molecule has 1 aliphatic rings. The standard InChI is InChI=1S/C22H17N7O2/c30-22(18-12-24-21(31-18)16-6-1-3-8-23-16)28-10-7-15-19(26-13-25-15)20(28)17-11-14-5-2-4-9-29(14)27-17/h1-6,8-9,11-13,20H,7,10H2,(H,25,26). The van der Waals surface area contributed by atoms with Crippen molar-refractivity contribution in [2.24, 2.45) is 0 Å². The summed E-state index contributed by atoms with van der Waals surface area (Å²) in [4.78, 5) is 31.4. The molecular weight excluding hydrogens is 394 g/mol. The van der Waals surface area contributed by atoms with Gasteiger partial charge in [0.1, 0.15) is 11.7 Å². The first-order valence-corrected chi connectivity index (χ1v) is 9.92. The molecule has 31 heavy (non-hydrogen) atoms. The molecule has 6 rings (SSSR count). The van der Waals surface area contributed by atoms with Crippen molar-refractivity contribution in [2.45, 2.75) is 12.5 Å². The Balaban J connectivity index is 1.40. The zero-order chi connectivity index (χ0) is 20.8. The van der Waals surface area contributed by atoms with Crippen LogP contribution in [0.3, 0.4) is 0 Å². The van der Waals surface area contributed by atoms with E-state index in [1.54, 1.807) is 28.0 Å². The minimum Gasteiger partial charge on any atom is -0.429 e. The van der Waals surface area contributed by atoms with E-state index in [2.05, 4.69) is 19.9 Å². The number of imidazole rings is 1. The summed E-state index contributed by atoms with van der Waals surface area (Å²) in [5.74, 6) is 0.212. The largest absolute Gasteiger partial charge is 0.429 e. The lowest BCUT2D eigenvalue weighted by Crippen LogP contribution is -2.40. The van der Waals surface area contributed by atoms with Crippen LogP contribution in [0, 0.1) is 0 Å². The summed E-state index contributed by atoms with van der Waals surface area (Å²) in [5.41, 5.74) is 4.08. The summed E-state index contributed by atoms with van der Waals surface area (Å²) >= 11 is 0. The van der Waals surface area contributed by atoms with E-state index < -0.39 is 6.04 Å². The third-order valence-electron chi connectivity index (χ3n) is 5.46. The fourth-order valence-corrected chi connectivity index (χ4v) is 4.01. The van der Waals surface area contributed by atoms with Gasteiger partial charge in [-0.15, -0.1) is 0 Å². The van der Waals surface area contributed by atoms with E-state index in [0.29, 0.717) is 24.6 Å². The van der Waals surface area contributed by atoms with Gasteiger partial charge >= 0.3 is 0 Å². The molecule has 0 saturated heterocycles. The molecule has 0 fully saturated rings. The lowest BCUT2D eigenvalue weighted by Gasteiger charge is -2.33. The zero-order valence-corrected chi connectivity index (χ0v) is 16.3. The highest BCUT2D eigenvalue weighted by Gasteiger charge is 2.37. The molecular formula is C22H17N7O2. The van der Waals surface area contributed by atoms with Gasteiger partial charge in [-0.2, -0.15) is 5.10 Å². The molecule has 0 spiro atoms. The second kappa shape index (κ2) is 6.91. The molecule has 5 aromatic heterocycles. The van der Waals surface area contributed by atoms with Crippen LogP contribution < -0.4 is 0 Å². The van der Waals surface area contributed by atoms with Crippen LogP contribution in [0.4, 0.5) is 0 Å². The summed E-state index contributed by atoms with van der Waals surface area (Å²) in [6.07, 6.45) is 7.33. The first-order chi connectivity index (χ1) is 15.3. The predicted molar refractivity (Wildman–Crippen MR) is 110 cm³/mol. The molecule has 0 radical (unpaired) electrons. The molecule has 9 heteroatoms. The van der Waals surface area contributed by atoms with Crippen molar-refractivity contribution in [2.75, 3.05) is 6.54 Å². The molecule has 6 heterocycles. The van der Waals surface area contributed by atoms with Crippen molar-refractivity contribution in [3.8, 4) is 11.6 Å². The monoisotopic (exact) mass is 411 g/mol. The van der Waals surface area contributed by atoms with E-state index in [0.717, 1.165) is 22.6 Å².